The van der Waals surface area contributed by atoms with Crippen LogP contribution in [0.3, 0.4) is 0 Å². The number of carbonyl (C=O) groups is 4. The average Bonchev–Trinajstić information content (AvgIpc) is 3.04. The van der Waals surface area contributed by atoms with Crippen molar-refractivity contribution in [3.8, 4) is 0 Å². The van der Waals surface area contributed by atoms with Crippen molar-refractivity contribution in [2.24, 2.45) is 0 Å². The van der Waals surface area contributed by atoms with Gasteiger partial charge in [0, 0.05) is 12.8 Å². The van der Waals surface area contributed by atoms with Gasteiger partial charge in [-0.05, 0) is 12.8 Å². The molecule has 0 fully saturated rings. The van der Waals surface area contributed by atoms with Gasteiger partial charge < -0.3 is 14.6 Å². The van der Waals surface area contributed by atoms with E-state index in [0.29, 0.717) is 12.8 Å². The molecule has 1 N–H and O–H groups in total. The lowest BCUT2D eigenvalue weighted by Crippen LogP contribution is -2.29. The van der Waals surface area contributed by atoms with Gasteiger partial charge in [0.25, 0.3) is 0 Å². The largest absolute Gasteiger partial charge is 0.393 e. The molecule has 0 bridgehead atoms. The molecule has 0 aromatic carbocycles. The van der Waals surface area contributed by atoms with Crippen molar-refractivity contribution in [1.82, 2.24) is 0 Å². The van der Waals surface area contributed by atoms with Crippen LogP contribution in [0, 0.1) is 0 Å². The quantitative estimate of drug-likeness (QED) is 0.0301. The maximum atomic E-state index is 12.0. The Bertz CT molecular complexity index is 763. The van der Waals surface area contributed by atoms with Gasteiger partial charge >= 0.3 is 70.0 Å². The first-order chi connectivity index (χ1) is 22.9. The molecule has 0 heterocycles. The number of aliphatic hydroxyl groups is 1. The van der Waals surface area contributed by atoms with E-state index in [-0.39, 0.29) is 58.9 Å². The Morgan fingerprint density at radius 3 is 0.918 bits per heavy atom. The van der Waals surface area contributed by atoms with Crippen LogP contribution in [0.25, 0.3) is 0 Å². The summed E-state index contributed by atoms with van der Waals surface area (Å²) in [5.74, 6) is -3.53. The molecule has 1 atom stereocenters. The van der Waals surface area contributed by atoms with Crippen LogP contribution in [-0.2, 0) is 28.7 Å². The van der Waals surface area contributed by atoms with Gasteiger partial charge in [-0.3, -0.25) is 14.4 Å². The van der Waals surface area contributed by atoms with Gasteiger partial charge in [0.05, 0.1) is 6.42 Å². The van der Waals surface area contributed by atoms with Crippen molar-refractivity contribution in [2.75, 3.05) is 0 Å². The fourth-order valence-corrected chi connectivity index (χ4v) is 5.97. The van der Waals surface area contributed by atoms with Crippen LogP contribution >= 0.6 is 0 Å². The highest BCUT2D eigenvalue weighted by atomic mass is 24.3. The number of aliphatic hydroxyl groups excluding tert-OH is 1. The van der Waals surface area contributed by atoms with E-state index >= 15 is 0 Å². The van der Waals surface area contributed by atoms with Crippen LogP contribution in [0.2, 0.25) is 0 Å². The van der Waals surface area contributed by atoms with Crippen LogP contribution in [0.5, 0.6) is 0 Å². The van der Waals surface area contributed by atoms with Gasteiger partial charge in [0.15, 0.2) is 6.10 Å². The molecule has 0 aliphatic rings. The van der Waals surface area contributed by atoms with E-state index in [1.807, 2.05) is 0 Å². The first-order valence-electron chi connectivity index (χ1n) is 20.1. The Morgan fingerprint density at radius 2 is 0.633 bits per heavy atom. The second kappa shape index (κ2) is 42.2. The monoisotopic (exact) mass is 719 g/mol. The number of hydrogen-bond donors (Lipinski definition) is 1. The number of rotatable bonds is 35. The van der Waals surface area contributed by atoms with Gasteiger partial charge in [-0.15, -0.1) is 0 Å². The Kier molecular flexibility index (Phi) is 45.7. The molecule has 0 radical (unpaired) electrons. The number of ether oxygens (including phenoxy) is 2. The van der Waals surface area contributed by atoms with Crippen molar-refractivity contribution in [3.63, 3.8) is 0 Å². The summed E-state index contributed by atoms with van der Waals surface area (Å²) in [4.78, 5) is 47.8. The van der Waals surface area contributed by atoms with Crippen LogP contribution in [0.4, 0.5) is 0 Å². The second-order valence-corrected chi connectivity index (χ2v) is 13.8. The molecule has 1 unspecified atom stereocenters. The van der Waals surface area contributed by atoms with Crippen LogP contribution in [0.15, 0.2) is 0 Å². The SMILES string of the molecule is CCCCCCCCCCCCCCCCCC(=O)OC(=O)CC(O)C(=O)OC(=O)CCCCCCCCCCCCCCCCC.[MgH2].[MgH2]. The third-order valence-corrected chi connectivity index (χ3v) is 9.04. The van der Waals surface area contributed by atoms with Gasteiger partial charge in [-0.25, -0.2) is 4.79 Å². The predicted molar refractivity (Wildman–Crippen MR) is 209 cm³/mol. The van der Waals surface area contributed by atoms with Crippen molar-refractivity contribution in [1.29, 1.82) is 0 Å². The lowest BCUT2D eigenvalue weighted by molar-refractivity contribution is -0.171. The van der Waals surface area contributed by atoms with E-state index in [0.717, 1.165) is 38.5 Å². The third-order valence-electron chi connectivity index (χ3n) is 9.04. The summed E-state index contributed by atoms with van der Waals surface area (Å²) in [6, 6.07) is 0. The Balaban J connectivity index is -0.0000106. The lowest BCUT2D eigenvalue weighted by atomic mass is 10.0. The van der Waals surface area contributed by atoms with E-state index < -0.39 is 36.4 Å². The first-order valence-corrected chi connectivity index (χ1v) is 20.1. The van der Waals surface area contributed by atoms with E-state index in [1.54, 1.807) is 0 Å². The third kappa shape index (κ3) is 40.4. The van der Waals surface area contributed by atoms with Crippen molar-refractivity contribution >= 4 is 70.0 Å². The van der Waals surface area contributed by atoms with E-state index in [2.05, 4.69) is 18.6 Å². The highest BCUT2D eigenvalue weighted by Crippen LogP contribution is 2.16. The molecule has 0 aromatic heterocycles. The summed E-state index contributed by atoms with van der Waals surface area (Å²) in [5.41, 5.74) is 0. The van der Waals surface area contributed by atoms with E-state index in [1.165, 1.54) is 141 Å². The molecule has 284 valence electrons. The molecule has 9 heteroatoms. The Hall–Kier alpha value is -0.228. The Labute approximate surface area is 333 Å². The average molecular weight is 720 g/mol. The summed E-state index contributed by atoms with van der Waals surface area (Å²) in [5, 5.41) is 9.93. The zero-order chi connectivity index (χ0) is 34.6. The van der Waals surface area contributed by atoms with Gasteiger partial charge in [-0.2, -0.15) is 0 Å². The van der Waals surface area contributed by atoms with Crippen molar-refractivity contribution in [2.45, 2.75) is 232 Å². The number of esters is 4. The zero-order valence-electron chi connectivity index (χ0n) is 30.8. The minimum Gasteiger partial charge on any atom is -0.393 e. The van der Waals surface area contributed by atoms with Crippen LogP contribution in [0.1, 0.15) is 226 Å². The summed E-state index contributed by atoms with van der Waals surface area (Å²) in [6.45, 7) is 4.50. The number of hydrogen-bond acceptors (Lipinski definition) is 7. The topological polar surface area (TPSA) is 107 Å². The molecule has 0 aromatic rings. The maximum absolute atomic E-state index is 12.0. The molecule has 0 saturated heterocycles. The highest BCUT2D eigenvalue weighted by molar-refractivity contribution is 5.92. The second-order valence-electron chi connectivity index (χ2n) is 13.8. The molecule has 0 amide bonds. The molecule has 0 saturated carbocycles. The normalized spacial score (nSPS) is 11.3. The standard InChI is InChI=1S/C40H74O7.2Mg.4H/c1-3-5-7-9-11-13-15-17-19-21-23-25-27-29-31-33-37(42)46-39(44)35-36(41)40(45)47-38(43)34-32-30-28-26-24-22-20-18-16-14-12-10-8-6-4-2;;;;;;/h36,41H,3-35H2,1-2H3;;;;;;. The van der Waals surface area contributed by atoms with E-state index in [9.17, 15) is 24.3 Å². The van der Waals surface area contributed by atoms with Gasteiger partial charge in [0.2, 0.25) is 0 Å². The van der Waals surface area contributed by atoms with Crippen LogP contribution < -0.4 is 0 Å². The van der Waals surface area contributed by atoms with E-state index in [4.69, 9.17) is 4.74 Å². The van der Waals surface area contributed by atoms with Crippen molar-refractivity contribution in [3.05, 3.63) is 0 Å². The van der Waals surface area contributed by atoms with Crippen LogP contribution in [-0.4, -0.2) is 81.2 Å². The minimum absolute atomic E-state index is 0. The molecule has 7 nitrogen and oxygen atoms in total. The molecule has 49 heavy (non-hydrogen) atoms. The predicted octanol–water partition coefficient (Wildman–Crippen LogP) is 9.57. The molecule has 0 aliphatic carbocycles. The molecular formula is C40H78Mg2O7. The molecule has 0 aliphatic heterocycles. The lowest BCUT2D eigenvalue weighted by Gasteiger charge is -2.09. The fraction of sp³-hybridized carbons (Fsp3) is 0.900. The zero-order valence-corrected chi connectivity index (χ0v) is 30.8. The number of carbonyl (C=O) groups excluding carboxylic acids is 4. The molecule has 0 spiro atoms. The number of unbranched alkanes of at least 4 members (excludes halogenated alkanes) is 28. The van der Waals surface area contributed by atoms with Gasteiger partial charge in [0.1, 0.15) is 0 Å². The highest BCUT2D eigenvalue weighted by Gasteiger charge is 2.25. The maximum Gasteiger partial charge on any atom is 0.343 e. The van der Waals surface area contributed by atoms with Crippen molar-refractivity contribution < 1.29 is 33.8 Å². The molecule has 0 rings (SSSR count). The first kappa shape index (κ1) is 53.1. The molecular weight excluding hydrogens is 641 g/mol. The van der Waals surface area contributed by atoms with Gasteiger partial charge in [-0.1, -0.05) is 194 Å². The smallest absolute Gasteiger partial charge is 0.343 e. The summed E-state index contributed by atoms with van der Waals surface area (Å²) >= 11 is 0. The summed E-state index contributed by atoms with van der Waals surface area (Å²) in [6.07, 6.45) is 34.4. The Morgan fingerprint density at radius 1 is 0.388 bits per heavy atom. The fourth-order valence-electron chi connectivity index (χ4n) is 5.97. The summed E-state index contributed by atoms with van der Waals surface area (Å²) in [7, 11) is 0. The summed E-state index contributed by atoms with van der Waals surface area (Å²) < 4.78 is 9.40. The minimum atomic E-state index is -1.83.